The molecule has 0 amide bonds. The van der Waals surface area contributed by atoms with Gasteiger partial charge in [-0.25, -0.2) is 0 Å². The molecule has 0 unspecified atom stereocenters. The summed E-state index contributed by atoms with van der Waals surface area (Å²) >= 11 is -0.183. The summed E-state index contributed by atoms with van der Waals surface area (Å²) in [6.07, 6.45) is 2.63. The Bertz CT molecular complexity index is 43.8. The fourth-order valence-electron chi connectivity index (χ4n) is 0.851. The molecule has 0 aromatic rings. The van der Waals surface area contributed by atoms with Crippen LogP contribution in [-0.4, -0.2) is 19.3 Å². The van der Waals surface area contributed by atoms with E-state index in [2.05, 4.69) is 13.8 Å². The Kier molecular flexibility index (Phi) is 7.00. The summed E-state index contributed by atoms with van der Waals surface area (Å²) in [5.74, 6) is 0.930. The Balaban J connectivity index is 3.07. The summed E-state index contributed by atoms with van der Waals surface area (Å²) in [5.41, 5.74) is 0. The fourth-order valence-corrected chi connectivity index (χ4v) is 2.90. The molecule has 0 nitrogen and oxygen atoms in total. The Morgan fingerprint density at radius 1 is 1.38 bits per heavy atom. The highest BCUT2D eigenvalue weighted by molar-refractivity contribution is 6.93. The summed E-state index contributed by atoms with van der Waals surface area (Å²) < 4.78 is 1.33. The van der Waals surface area contributed by atoms with Gasteiger partial charge in [-0.15, -0.1) is 4.55 Å². The Morgan fingerprint density at radius 3 is 2.00 bits per heavy atom. The minimum Gasteiger partial charge on any atom is -0.346 e. The Hall–Kier alpha value is 1.06. The van der Waals surface area contributed by atoms with Crippen LogP contribution in [0.5, 0.6) is 0 Å². The molecule has 0 aromatic heterocycles. The monoisotopic (exact) mass is 144 g/mol. The van der Waals surface area contributed by atoms with Gasteiger partial charge < -0.3 is 9.07 Å². The summed E-state index contributed by atoms with van der Waals surface area (Å²) in [4.78, 5) is 0. The maximum absolute atomic E-state index is 5.69. The van der Waals surface area contributed by atoms with Crippen LogP contribution in [-0.2, 0) is 0 Å². The van der Waals surface area contributed by atoms with E-state index in [4.69, 9.17) is 9.07 Å². The molecule has 0 heterocycles. The van der Waals surface area contributed by atoms with Crippen molar-refractivity contribution in [2.24, 2.45) is 5.92 Å². The molecule has 46 valence electrons. The molecule has 0 aliphatic heterocycles. The second-order valence-corrected chi connectivity index (χ2v) is 4.25. The van der Waals surface area contributed by atoms with Crippen LogP contribution in [0, 0.1) is 5.92 Å². The highest BCUT2D eigenvalue weighted by Gasteiger charge is 2.02. The van der Waals surface area contributed by atoms with Crippen molar-refractivity contribution < 1.29 is 0 Å². The molecule has 0 bridgehead atoms. The molecule has 2 heteroatoms. The topological polar surface area (TPSA) is 0 Å². The summed E-state index contributed by atoms with van der Waals surface area (Å²) in [5, 5.41) is 0. The molecule has 0 aromatic carbocycles. The quantitative estimate of drug-likeness (QED) is 0.533. The lowest BCUT2D eigenvalue weighted by atomic mass is 10.1. The van der Waals surface area contributed by atoms with Gasteiger partial charge in [-0.1, -0.05) is 32.6 Å². The van der Waals surface area contributed by atoms with E-state index in [0.29, 0.717) is 0 Å². The van der Waals surface area contributed by atoms with Gasteiger partial charge in [-0.2, -0.15) is 0 Å². The van der Waals surface area contributed by atoms with Gasteiger partial charge in [0.1, 0.15) is 0 Å². The fraction of sp³-hybridized carbons (Fsp3) is 1.00. The van der Waals surface area contributed by atoms with Crippen molar-refractivity contribution in [3.05, 3.63) is 0 Å². The van der Waals surface area contributed by atoms with E-state index < -0.39 is 0 Å². The predicted octanol–water partition coefficient (Wildman–Crippen LogP) is 2.70. The van der Waals surface area contributed by atoms with E-state index in [1.807, 2.05) is 0 Å². The lowest BCUT2D eigenvalue weighted by Crippen LogP contribution is -1.96. The van der Waals surface area contributed by atoms with Crippen molar-refractivity contribution in [2.75, 3.05) is 0 Å². The Morgan fingerprint density at radius 2 is 1.88 bits per heavy atom. The van der Waals surface area contributed by atoms with Crippen LogP contribution in [0.3, 0.4) is 0 Å². The number of hydrogen-bond donors (Lipinski definition) is 0. The van der Waals surface area contributed by atoms with Gasteiger partial charge in [-0.05, 0) is 0 Å². The second-order valence-electron chi connectivity index (χ2n) is 2.16. The smallest absolute Gasteiger partial charge is 0.346 e. The van der Waals surface area contributed by atoms with E-state index >= 15 is 0 Å². The van der Waals surface area contributed by atoms with E-state index in [-0.39, 0.29) is 19.3 Å². The summed E-state index contributed by atoms with van der Waals surface area (Å²) in [6, 6.07) is 0. The maximum atomic E-state index is 5.69. The molecule has 0 rings (SSSR count). The van der Waals surface area contributed by atoms with Gasteiger partial charge in [0, 0.05) is 0 Å². The van der Waals surface area contributed by atoms with Gasteiger partial charge in [0.15, 0.2) is 0 Å². The predicted molar refractivity (Wildman–Crippen MR) is 40.5 cm³/mol. The van der Waals surface area contributed by atoms with Crippen molar-refractivity contribution in [2.45, 2.75) is 31.2 Å². The van der Waals surface area contributed by atoms with Crippen molar-refractivity contribution in [3.63, 3.8) is 0 Å². The third-order valence-electron chi connectivity index (χ3n) is 1.67. The van der Waals surface area contributed by atoms with Gasteiger partial charge >= 0.3 is 19.3 Å². The Labute approximate surface area is 65.5 Å². The van der Waals surface area contributed by atoms with Gasteiger partial charge in [0.05, 0.1) is 0 Å². The van der Waals surface area contributed by atoms with Crippen LogP contribution in [0.1, 0.15) is 26.7 Å². The first-order valence-electron chi connectivity index (χ1n) is 3.41. The molecule has 0 saturated carbocycles. The average molecular weight is 145 g/mol. The molecular weight excluding hydrogens is 132 g/mol. The zero-order chi connectivity index (χ0) is 6.41. The molecule has 0 aliphatic carbocycles. The second kappa shape index (κ2) is 6.18. The van der Waals surface area contributed by atoms with E-state index in [1.165, 1.54) is 17.4 Å². The average Bonchev–Trinajstić information content (AvgIpc) is 1.83. The van der Waals surface area contributed by atoms with Crippen molar-refractivity contribution in [3.8, 4) is 0 Å². The molecule has 0 aliphatic rings. The highest BCUT2D eigenvalue weighted by Crippen LogP contribution is 2.12. The third-order valence-corrected chi connectivity index (χ3v) is 3.36. The van der Waals surface area contributed by atoms with Gasteiger partial charge in [0.2, 0.25) is 0 Å². The molecule has 0 atom stereocenters. The highest BCUT2D eigenvalue weighted by atomic mass is 35.5. The van der Waals surface area contributed by atoms with Crippen LogP contribution in [0.2, 0.25) is 4.55 Å². The van der Waals surface area contributed by atoms with Crippen molar-refractivity contribution in [1.29, 1.82) is 0 Å². The standard InChI is InChI=1S/C6H13.ClH.Mg/c1-4-6(3)5-2;;/h6H,3-5H2,1-2H3;1H;/q;;+1/p-1. The lowest BCUT2D eigenvalue weighted by Gasteiger charge is -2.07. The van der Waals surface area contributed by atoms with Crippen LogP contribution >= 0.6 is 9.07 Å². The first-order chi connectivity index (χ1) is 3.85. The first-order valence-corrected chi connectivity index (χ1v) is 6.54. The van der Waals surface area contributed by atoms with Crippen LogP contribution in [0.25, 0.3) is 0 Å². The number of rotatable bonds is 4. The lowest BCUT2D eigenvalue weighted by molar-refractivity contribution is 0.543. The minimum absolute atomic E-state index is 0.183. The van der Waals surface area contributed by atoms with Crippen molar-refractivity contribution >= 4 is 28.3 Å². The molecular formula is C6H13ClMg. The molecule has 0 spiro atoms. The van der Waals surface area contributed by atoms with E-state index in [0.717, 1.165) is 5.92 Å². The van der Waals surface area contributed by atoms with Crippen LogP contribution < -0.4 is 0 Å². The summed E-state index contributed by atoms with van der Waals surface area (Å²) in [7, 11) is 5.69. The maximum Gasteiger partial charge on any atom is 0.501 e. The molecule has 8 heavy (non-hydrogen) atoms. The van der Waals surface area contributed by atoms with Gasteiger partial charge in [-0.3, -0.25) is 0 Å². The summed E-state index contributed by atoms with van der Waals surface area (Å²) in [6.45, 7) is 4.49. The molecule has 0 saturated heterocycles. The molecule has 0 fully saturated rings. The zero-order valence-corrected chi connectivity index (χ0v) is 7.95. The SMILES string of the molecule is CCC(CC)[CH2][Mg][Cl]. The van der Waals surface area contributed by atoms with Crippen LogP contribution in [0.15, 0.2) is 0 Å². The minimum atomic E-state index is -0.183. The number of hydrogen-bond acceptors (Lipinski definition) is 0. The first kappa shape index (κ1) is 9.06. The van der Waals surface area contributed by atoms with Gasteiger partial charge in [0.25, 0.3) is 0 Å². The molecule has 0 radical (unpaired) electrons. The van der Waals surface area contributed by atoms with E-state index in [1.54, 1.807) is 0 Å². The normalized spacial score (nSPS) is 9.50. The zero-order valence-electron chi connectivity index (χ0n) is 5.78. The third kappa shape index (κ3) is 3.99. The van der Waals surface area contributed by atoms with Crippen LogP contribution in [0.4, 0.5) is 0 Å². The van der Waals surface area contributed by atoms with Crippen molar-refractivity contribution in [1.82, 2.24) is 0 Å². The number of halogens is 1. The largest absolute Gasteiger partial charge is 0.501 e. The van der Waals surface area contributed by atoms with E-state index in [9.17, 15) is 0 Å². The molecule has 0 N–H and O–H groups in total.